The molecule has 0 amide bonds. The first-order valence-corrected chi connectivity index (χ1v) is 11.3. The smallest absolute Gasteiger partial charge is 0.138 e. The molecular formula is C22H32FN7. The van der Waals surface area contributed by atoms with Gasteiger partial charge in [-0.15, -0.1) is 0 Å². The number of hydrogen-bond donors (Lipinski definition) is 4. The average Bonchev–Trinajstić information content (AvgIpc) is 3.25. The van der Waals surface area contributed by atoms with Crippen molar-refractivity contribution < 1.29 is 4.39 Å². The van der Waals surface area contributed by atoms with Crippen molar-refractivity contribution in [2.75, 3.05) is 23.9 Å². The topological polar surface area (TPSA) is 77.1 Å². The van der Waals surface area contributed by atoms with Gasteiger partial charge in [0.25, 0.3) is 0 Å². The SMILES string of the molecule is CC1CC(Nc2cc3ncccc3c(NC3C[C@H]4CC[C@@H](C3)N4CCCF)n2)NN1. The van der Waals surface area contributed by atoms with Gasteiger partial charge >= 0.3 is 0 Å². The average molecular weight is 414 g/mol. The summed E-state index contributed by atoms with van der Waals surface area (Å²) in [4.78, 5) is 12.0. The van der Waals surface area contributed by atoms with Crippen molar-refractivity contribution in [1.82, 2.24) is 25.7 Å². The molecule has 162 valence electrons. The number of halogens is 1. The zero-order valence-electron chi connectivity index (χ0n) is 17.6. The molecule has 5 rings (SSSR count). The Morgan fingerprint density at radius 1 is 1.17 bits per heavy atom. The normalized spacial score (nSPS) is 31.3. The molecule has 8 heteroatoms. The number of fused-ring (bicyclic) bond motifs is 3. The second kappa shape index (κ2) is 8.61. The fourth-order valence-electron chi connectivity index (χ4n) is 5.44. The Kier molecular flexibility index (Phi) is 5.71. The molecule has 3 aliphatic rings. The standard InChI is InChI=1S/C22H32FN7/c1-14-10-21(29-28-14)26-20-13-19-18(4-2-8-24-19)22(27-20)25-15-11-16-5-6-17(12-15)30(16)9-3-7-23/h2,4,8,13-17,21,28-29H,3,5-7,9-12H2,1H3,(H2,25,26,27)/t14?,15?,16-,17+,21?. The molecule has 0 saturated carbocycles. The van der Waals surface area contributed by atoms with E-state index in [1.54, 1.807) is 0 Å². The Morgan fingerprint density at radius 2 is 2.00 bits per heavy atom. The maximum Gasteiger partial charge on any atom is 0.138 e. The van der Waals surface area contributed by atoms with E-state index in [2.05, 4.69) is 44.4 Å². The van der Waals surface area contributed by atoms with Gasteiger partial charge in [0.2, 0.25) is 0 Å². The molecule has 2 aromatic heterocycles. The molecule has 0 spiro atoms. The van der Waals surface area contributed by atoms with Crippen LogP contribution in [0.2, 0.25) is 0 Å². The van der Waals surface area contributed by atoms with Crippen LogP contribution >= 0.6 is 0 Å². The number of nitrogens with zero attached hydrogens (tertiary/aromatic N) is 3. The van der Waals surface area contributed by atoms with Gasteiger partial charge in [-0.2, -0.15) is 0 Å². The van der Waals surface area contributed by atoms with E-state index < -0.39 is 0 Å². The first-order valence-electron chi connectivity index (χ1n) is 11.3. The van der Waals surface area contributed by atoms with E-state index in [0.29, 0.717) is 30.6 Å². The highest BCUT2D eigenvalue weighted by Gasteiger charge is 2.40. The monoisotopic (exact) mass is 413 g/mol. The summed E-state index contributed by atoms with van der Waals surface area (Å²) < 4.78 is 12.7. The molecular weight excluding hydrogens is 381 g/mol. The second-order valence-electron chi connectivity index (χ2n) is 9.03. The molecule has 0 aliphatic carbocycles. The van der Waals surface area contributed by atoms with Crippen LogP contribution in [0.1, 0.15) is 45.4 Å². The van der Waals surface area contributed by atoms with E-state index in [4.69, 9.17) is 4.98 Å². The van der Waals surface area contributed by atoms with Crippen molar-refractivity contribution in [2.45, 2.75) is 75.8 Å². The third kappa shape index (κ3) is 4.08. The van der Waals surface area contributed by atoms with E-state index in [9.17, 15) is 4.39 Å². The van der Waals surface area contributed by atoms with Crippen LogP contribution in [0.15, 0.2) is 24.4 Å². The van der Waals surface area contributed by atoms with Crippen LogP contribution in [0.5, 0.6) is 0 Å². The fraction of sp³-hybridized carbons (Fsp3) is 0.636. The van der Waals surface area contributed by atoms with E-state index in [1.807, 2.05) is 18.3 Å². The van der Waals surface area contributed by atoms with Gasteiger partial charge in [0.1, 0.15) is 11.6 Å². The fourth-order valence-corrected chi connectivity index (χ4v) is 5.44. The van der Waals surface area contributed by atoms with Crippen LogP contribution in [-0.2, 0) is 0 Å². The van der Waals surface area contributed by atoms with Crippen LogP contribution in [0.25, 0.3) is 10.9 Å². The molecule has 7 nitrogen and oxygen atoms in total. The number of aromatic nitrogens is 2. The number of hydrogen-bond acceptors (Lipinski definition) is 7. The number of piperidine rings is 1. The summed E-state index contributed by atoms with van der Waals surface area (Å²) in [6.45, 7) is 2.83. The summed E-state index contributed by atoms with van der Waals surface area (Å²) in [5.41, 5.74) is 7.46. The van der Waals surface area contributed by atoms with Gasteiger partial charge in [-0.25, -0.2) is 10.4 Å². The molecule has 2 bridgehead atoms. The number of rotatable bonds is 7. The van der Waals surface area contributed by atoms with Crippen molar-refractivity contribution in [3.05, 3.63) is 24.4 Å². The highest BCUT2D eigenvalue weighted by Crippen LogP contribution is 2.37. The molecule has 3 unspecified atom stereocenters. The number of alkyl halides is 1. The van der Waals surface area contributed by atoms with Gasteiger partial charge in [-0.1, -0.05) is 0 Å². The summed E-state index contributed by atoms with van der Waals surface area (Å²) in [5.74, 6) is 1.74. The predicted octanol–water partition coefficient (Wildman–Crippen LogP) is 3.02. The van der Waals surface area contributed by atoms with Crippen LogP contribution in [0.3, 0.4) is 0 Å². The molecule has 2 aromatic rings. The second-order valence-corrected chi connectivity index (χ2v) is 9.03. The Bertz CT molecular complexity index is 864. The largest absolute Gasteiger partial charge is 0.367 e. The lowest BCUT2D eigenvalue weighted by Crippen LogP contribution is -2.47. The van der Waals surface area contributed by atoms with Gasteiger partial charge in [0.15, 0.2) is 0 Å². The minimum absolute atomic E-state index is 0.149. The number of hydrazine groups is 1. The third-order valence-corrected chi connectivity index (χ3v) is 6.79. The predicted molar refractivity (Wildman–Crippen MR) is 118 cm³/mol. The molecule has 0 aromatic carbocycles. The molecule has 3 aliphatic heterocycles. The van der Waals surface area contributed by atoms with Crippen molar-refractivity contribution in [3.8, 4) is 0 Å². The minimum Gasteiger partial charge on any atom is -0.367 e. The van der Waals surface area contributed by atoms with Crippen molar-refractivity contribution >= 4 is 22.5 Å². The Morgan fingerprint density at radius 3 is 2.73 bits per heavy atom. The highest BCUT2D eigenvalue weighted by atomic mass is 19.1. The summed E-state index contributed by atoms with van der Waals surface area (Å²) in [6.07, 6.45) is 8.26. The summed E-state index contributed by atoms with van der Waals surface area (Å²) in [5, 5.41) is 8.30. The summed E-state index contributed by atoms with van der Waals surface area (Å²) in [6, 6.07) is 8.02. The van der Waals surface area contributed by atoms with Crippen molar-refractivity contribution in [3.63, 3.8) is 0 Å². The molecule has 5 heterocycles. The lowest BCUT2D eigenvalue weighted by Gasteiger charge is -2.39. The Hall–Kier alpha value is -2.03. The van der Waals surface area contributed by atoms with Crippen LogP contribution in [0, 0.1) is 0 Å². The summed E-state index contributed by atoms with van der Waals surface area (Å²) in [7, 11) is 0. The molecule has 3 fully saturated rings. The lowest BCUT2D eigenvalue weighted by atomic mass is 9.97. The number of anilines is 2. The third-order valence-electron chi connectivity index (χ3n) is 6.79. The molecule has 0 radical (unpaired) electrons. The lowest BCUT2D eigenvalue weighted by molar-refractivity contribution is 0.128. The van der Waals surface area contributed by atoms with E-state index in [-0.39, 0.29) is 12.8 Å². The zero-order valence-corrected chi connectivity index (χ0v) is 17.6. The first kappa shape index (κ1) is 19.9. The zero-order chi connectivity index (χ0) is 20.5. The van der Waals surface area contributed by atoms with Gasteiger partial charge in [0.05, 0.1) is 18.4 Å². The number of nitrogens with one attached hydrogen (secondary N) is 4. The highest BCUT2D eigenvalue weighted by molar-refractivity contribution is 5.91. The molecule has 30 heavy (non-hydrogen) atoms. The first-order chi connectivity index (χ1) is 14.7. The van der Waals surface area contributed by atoms with E-state index in [1.165, 1.54) is 12.8 Å². The van der Waals surface area contributed by atoms with Gasteiger partial charge in [-0.05, 0) is 57.6 Å². The van der Waals surface area contributed by atoms with Crippen LogP contribution < -0.4 is 21.5 Å². The Labute approximate surface area is 177 Å². The van der Waals surface area contributed by atoms with Gasteiger partial charge < -0.3 is 10.6 Å². The van der Waals surface area contributed by atoms with Crippen molar-refractivity contribution in [1.29, 1.82) is 0 Å². The number of pyridine rings is 2. The Balaban J connectivity index is 1.34. The maximum atomic E-state index is 12.7. The van der Waals surface area contributed by atoms with Crippen LogP contribution in [0.4, 0.5) is 16.0 Å². The van der Waals surface area contributed by atoms with Gasteiger partial charge in [-0.3, -0.25) is 19.7 Å². The molecule has 4 N–H and O–H groups in total. The van der Waals surface area contributed by atoms with E-state index in [0.717, 1.165) is 48.3 Å². The van der Waals surface area contributed by atoms with Crippen molar-refractivity contribution in [2.24, 2.45) is 0 Å². The quantitative estimate of drug-likeness (QED) is 0.556. The maximum absolute atomic E-state index is 12.7. The van der Waals surface area contributed by atoms with Crippen LogP contribution in [-0.4, -0.2) is 58.4 Å². The van der Waals surface area contributed by atoms with E-state index >= 15 is 0 Å². The summed E-state index contributed by atoms with van der Waals surface area (Å²) >= 11 is 0. The minimum atomic E-state index is -0.218. The molecule has 3 saturated heterocycles. The van der Waals surface area contributed by atoms with Gasteiger partial charge in [0, 0.05) is 48.4 Å². The molecule has 5 atom stereocenters.